The monoisotopic (exact) mass is 310 g/mol. The lowest BCUT2D eigenvalue weighted by atomic mass is 10.0. The van der Waals surface area contributed by atoms with Crippen LogP contribution in [0.15, 0.2) is 48.8 Å². The smallest absolute Gasteiger partial charge is 0.319 e. The first kappa shape index (κ1) is 15.2. The third-order valence-electron chi connectivity index (χ3n) is 4.35. The standard InChI is InChI=1S/C18H18N2O3/c1-12(20-16(21)18(8-9-18)17(22)23)13-4-6-14(7-5-13)15-3-2-10-19-11-15/h2-7,10-12H,8-9H2,1H3,(H,20,21)(H,22,23). The van der Waals surface area contributed by atoms with Crippen LogP contribution in [0, 0.1) is 5.41 Å². The number of pyridine rings is 1. The fraction of sp³-hybridized carbons (Fsp3) is 0.278. The predicted octanol–water partition coefficient (Wildman–Crippen LogP) is 2.79. The highest BCUT2D eigenvalue weighted by Crippen LogP contribution is 2.46. The molecule has 1 aliphatic carbocycles. The van der Waals surface area contributed by atoms with Crippen LogP contribution in [0.5, 0.6) is 0 Å². The maximum atomic E-state index is 12.1. The number of hydrogen-bond donors (Lipinski definition) is 2. The zero-order chi connectivity index (χ0) is 16.4. The number of carboxylic acids is 1. The van der Waals surface area contributed by atoms with Gasteiger partial charge in [0.25, 0.3) is 0 Å². The largest absolute Gasteiger partial charge is 0.480 e. The molecule has 0 bridgehead atoms. The summed E-state index contributed by atoms with van der Waals surface area (Å²) in [6.07, 6.45) is 4.36. The number of carbonyl (C=O) groups excluding carboxylic acids is 1. The Bertz CT molecular complexity index is 722. The van der Waals surface area contributed by atoms with Gasteiger partial charge >= 0.3 is 5.97 Å². The van der Waals surface area contributed by atoms with Crippen molar-refractivity contribution in [2.45, 2.75) is 25.8 Å². The average Bonchev–Trinajstić information content (AvgIpc) is 3.38. The molecule has 0 spiro atoms. The lowest BCUT2D eigenvalue weighted by molar-refractivity contribution is -0.149. The van der Waals surface area contributed by atoms with Crippen LogP contribution >= 0.6 is 0 Å². The van der Waals surface area contributed by atoms with Crippen LogP contribution in [0.25, 0.3) is 11.1 Å². The van der Waals surface area contributed by atoms with Crippen LogP contribution in [-0.4, -0.2) is 22.0 Å². The third-order valence-corrected chi connectivity index (χ3v) is 4.35. The molecule has 1 aromatic carbocycles. The van der Waals surface area contributed by atoms with E-state index in [1.807, 2.05) is 43.3 Å². The SMILES string of the molecule is CC(NC(=O)C1(C(=O)O)CC1)c1ccc(-c2cccnc2)cc1. The van der Waals surface area contributed by atoms with Crippen molar-refractivity contribution in [2.24, 2.45) is 5.41 Å². The Hall–Kier alpha value is -2.69. The number of carboxylic acid groups (broad SMARTS) is 1. The number of benzene rings is 1. The minimum Gasteiger partial charge on any atom is -0.480 e. The van der Waals surface area contributed by atoms with E-state index in [-0.39, 0.29) is 6.04 Å². The summed E-state index contributed by atoms with van der Waals surface area (Å²) in [5.41, 5.74) is 1.81. The summed E-state index contributed by atoms with van der Waals surface area (Å²) < 4.78 is 0. The molecule has 1 heterocycles. The molecule has 1 amide bonds. The molecular weight excluding hydrogens is 292 g/mol. The van der Waals surface area contributed by atoms with Crippen LogP contribution in [0.3, 0.4) is 0 Å². The van der Waals surface area contributed by atoms with E-state index in [4.69, 9.17) is 5.11 Å². The number of carbonyl (C=O) groups is 2. The highest BCUT2D eigenvalue weighted by molar-refractivity contribution is 6.04. The summed E-state index contributed by atoms with van der Waals surface area (Å²) in [7, 11) is 0. The van der Waals surface area contributed by atoms with Gasteiger partial charge in [-0.25, -0.2) is 0 Å². The van der Waals surface area contributed by atoms with Gasteiger partial charge in [-0.05, 0) is 42.5 Å². The van der Waals surface area contributed by atoms with Gasteiger partial charge in [0, 0.05) is 12.4 Å². The summed E-state index contributed by atoms with van der Waals surface area (Å²) in [5, 5.41) is 12.0. The molecule has 5 nitrogen and oxygen atoms in total. The molecular formula is C18H18N2O3. The van der Waals surface area contributed by atoms with Crippen LogP contribution < -0.4 is 5.32 Å². The van der Waals surface area contributed by atoms with Crippen molar-refractivity contribution in [3.05, 3.63) is 54.4 Å². The van der Waals surface area contributed by atoms with E-state index >= 15 is 0 Å². The summed E-state index contributed by atoms with van der Waals surface area (Å²) in [5.74, 6) is -1.43. The van der Waals surface area contributed by atoms with E-state index in [1.165, 1.54) is 0 Å². The van der Waals surface area contributed by atoms with Crippen molar-refractivity contribution in [3.63, 3.8) is 0 Å². The zero-order valence-corrected chi connectivity index (χ0v) is 12.8. The van der Waals surface area contributed by atoms with E-state index < -0.39 is 17.3 Å². The fourth-order valence-corrected chi connectivity index (χ4v) is 2.58. The van der Waals surface area contributed by atoms with Crippen LogP contribution in [0.2, 0.25) is 0 Å². The molecule has 1 aromatic heterocycles. The van der Waals surface area contributed by atoms with E-state index in [2.05, 4.69) is 10.3 Å². The van der Waals surface area contributed by atoms with Crippen molar-refractivity contribution in [3.8, 4) is 11.1 Å². The van der Waals surface area contributed by atoms with E-state index in [0.29, 0.717) is 12.8 Å². The number of nitrogens with one attached hydrogen (secondary N) is 1. The molecule has 1 atom stereocenters. The number of amides is 1. The van der Waals surface area contributed by atoms with Gasteiger partial charge in [0.15, 0.2) is 0 Å². The fourth-order valence-electron chi connectivity index (χ4n) is 2.58. The summed E-state index contributed by atoms with van der Waals surface area (Å²) in [6.45, 7) is 1.86. The predicted molar refractivity (Wildman–Crippen MR) is 85.5 cm³/mol. The maximum Gasteiger partial charge on any atom is 0.319 e. The second-order valence-corrected chi connectivity index (χ2v) is 5.95. The molecule has 118 valence electrons. The Morgan fingerprint density at radius 2 is 1.87 bits per heavy atom. The van der Waals surface area contributed by atoms with Gasteiger partial charge in [-0.2, -0.15) is 0 Å². The van der Waals surface area contributed by atoms with E-state index in [0.717, 1.165) is 16.7 Å². The Balaban J connectivity index is 1.70. The van der Waals surface area contributed by atoms with Gasteiger partial charge in [-0.3, -0.25) is 14.6 Å². The van der Waals surface area contributed by atoms with Gasteiger partial charge in [0.2, 0.25) is 5.91 Å². The van der Waals surface area contributed by atoms with Gasteiger partial charge in [0.05, 0.1) is 6.04 Å². The molecule has 0 radical (unpaired) electrons. The second kappa shape index (κ2) is 5.83. The Morgan fingerprint density at radius 3 is 2.39 bits per heavy atom. The second-order valence-electron chi connectivity index (χ2n) is 5.95. The first-order chi connectivity index (χ1) is 11.0. The van der Waals surface area contributed by atoms with Gasteiger partial charge < -0.3 is 10.4 Å². The number of rotatable bonds is 5. The summed E-state index contributed by atoms with van der Waals surface area (Å²) in [4.78, 5) is 27.4. The molecule has 1 fully saturated rings. The molecule has 5 heteroatoms. The van der Waals surface area contributed by atoms with Crippen molar-refractivity contribution in [2.75, 3.05) is 0 Å². The van der Waals surface area contributed by atoms with Crippen LogP contribution in [-0.2, 0) is 9.59 Å². The molecule has 1 unspecified atom stereocenters. The van der Waals surface area contributed by atoms with E-state index in [1.54, 1.807) is 12.4 Å². The minimum atomic E-state index is -1.20. The molecule has 0 aliphatic heterocycles. The first-order valence-electron chi connectivity index (χ1n) is 7.58. The van der Waals surface area contributed by atoms with Crippen molar-refractivity contribution < 1.29 is 14.7 Å². The number of aromatic nitrogens is 1. The summed E-state index contributed by atoms with van der Waals surface area (Å²) in [6, 6.07) is 11.4. The highest BCUT2D eigenvalue weighted by Gasteiger charge is 2.57. The van der Waals surface area contributed by atoms with E-state index in [9.17, 15) is 9.59 Å². The van der Waals surface area contributed by atoms with Gasteiger partial charge in [0.1, 0.15) is 5.41 Å². The molecule has 2 N–H and O–H groups in total. The summed E-state index contributed by atoms with van der Waals surface area (Å²) >= 11 is 0. The highest BCUT2D eigenvalue weighted by atomic mass is 16.4. The van der Waals surface area contributed by atoms with Gasteiger partial charge in [-0.15, -0.1) is 0 Å². The average molecular weight is 310 g/mol. The van der Waals surface area contributed by atoms with Crippen molar-refractivity contribution >= 4 is 11.9 Å². The Kier molecular flexibility index (Phi) is 3.86. The molecule has 1 aliphatic rings. The molecule has 1 saturated carbocycles. The Labute approximate surface area is 134 Å². The maximum absolute atomic E-state index is 12.1. The van der Waals surface area contributed by atoms with Crippen molar-refractivity contribution in [1.29, 1.82) is 0 Å². The Morgan fingerprint density at radius 1 is 1.17 bits per heavy atom. The normalized spacial score (nSPS) is 16.4. The number of nitrogens with zero attached hydrogens (tertiary/aromatic N) is 1. The first-order valence-corrected chi connectivity index (χ1v) is 7.58. The number of aliphatic carboxylic acids is 1. The molecule has 0 saturated heterocycles. The third kappa shape index (κ3) is 2.95. The van der Waals surface area contributed by atoms with Crippen LogP contribution in [0.4, 0.5) is 0 Å². The van der Waals surface area contributed by atoms with Crippen LogP contribution in [0.1, 0.15) is 31.4 Å². The molecule has 3 rings (SSSR count). The zero-order valence-electron chi connectivity index (χ0n) is 12.8. The topological polar surface area (TPSA) is 79.3 Å². The quantitative estimate of drug-likeness (QED) is 0.832. The molecule has 2 aromatic rings. The lowest BCUT2D eigenvalue weighted by Gasteiger charge is -2.18. The molecule has 23 heavy (non-hydrogen) atoms. The minimum absolute atomic E-state index is 0.234. The van der Waals surface area contributed by atoms with Gasteiger partial charge in [-0.1, -0.05) is 30.3 Å². The lowest BCUT2D eigenvalue weighted by Crippen LogP contribution is -2.38. The van der Waals surface area contributed by atoms with Crippen molar-refractivity contribution in [1.82, 2.24) is 10.3 Å². The number of hydrogen-bond acceptors (Lipinski definition) is 3.